The molecule has 2 atom stereocenters. The van der Waals surface area contributed by atoms with Gasteiger partial charge in [0.2, 0.25) is 6.36 Å². The van der Waals surface area contributed by atoms with Crippen molar-refractivity contribution in [2.75, 3.05) is 0 Å². The zero-order valence-electron chi connectivity index (χ0n) is 6.09. The number of rotatable bonds is 2. The van der Waals surface area contributed by atoms with E-state index in [2.05, 4.69) is 27.9 Å². The minimum absolute atomic E-state index is 2.88. The molecule has 0 N–H and O–H groups in total. The molecular formula is C5H2Cl2F6O. The van der Waals surface area contributed by atoms with Gasteiger partial charge in [-0.1, -0.05) is 0 Å². The molecule has 0 amide bonds. The number of hydrogen-bond donors (Lipinski definition) is 0. The molecule has 0 aromatic rings. The SMILES string of the molecule is F[C@H]1OC(C(F)(F)Cl)(C(F)(F)Cl)[C@H]1F. The Morgan fingerprint density at radius 3 is 1.43 bits per heavy atom. The number of hydrogen-bond acceptors (Lipinski definition) is 1. The molecule has 1 saturated heterocycles. The Kier molecular flexibility index (Phi) is 2.66. The van der Waals surface area contributed by atoms with Crippen molar-refractivity contribution >= 4 is 23.2 Å². The molecule has 1 nitrogen and oxygen atoms in total. The van der Waals surface area contributed by atoms with Gasteiger partial charge in [0.25, 0.3) is 5.60 Å². The van der Waals surface area contributed by atoms with Crippen LogP contribution in [0.2, 0.25) is 0 Å². The molecule has 0 unspecified atom stereocenters. The molecule has 1 rings (SSSR count). The first-order valence-electron chi connectivity index (χ1n) is 3.13. The third-order valence-electron chi connectivity index (χ3n) is 1.76. The van der Waals surface area contributed by atoms with Gasteiger partial charge in [-0.2, -0.15) is 17.6 Å². The normalized spacial score (nSPS) is 32.6. The van der Waals surface area contributed by atoms with Crippen LogP contribution in [0, 0.1) is 0 Å². The summed E-state index contributed by atoms with van der Waals surface area (Å²) in [5.41, 5.74) is -4.15. The zero-order valence-corrected chi connectivity index (χ0v) is 7.60. The smallest absolute Gasteiger partial charge is 0.321 e. The Morgan fingerprint density at radius 2 is 1.36 bits per heavy atom. The molecule has 14 heavy (non-hydrogen) atoms. The van der Waals surface area contributed by atoms with Crippen molar-refractivity contribution in [2.24, 2.45) is 0 Å². The third-order valence-corrected chi connectivity index (χ3v) is 2.32. The minimum Gasteiger partial charge on any atom is -0.321 e. The molecule has 1 aliphatic heterocycles. The second-order valence-electron chi connectivity index (χ2n) is 2.60. The highest BCUT2D eigenvalue weighted by Gasteiger charge is 2.82. The Morgan fingerprint density at radius 1 is 1.00 bits per heavy atom. The van der Waals surface area contributed by atoms with Gasteiger partial charge in [-0.05, 0) is 23.2 Å². The predicted octanol–water partition coefficient (Wildman–Crippen LogP) is 3.05. The van der Waals surface area contributed by atoms with E-state index in [1.807, 2.05) is 0 Å². The van der Waals surface area contributed by atoms with Crippen LogP contribution in [0.15, 0.2) is 0 Å². The molecule has 9 heteroatoms. The third kappa shape index (κ3) is 1.37. The van der Waals surface area contributed by atoms with Crippen molar-refractivity contribution in [2.45, 2.75) is 28.9 Å². The molecule has 0 aliphatic carbocycles. The fourth-order valence-electron chi connectivity index (χ4n) is 1.02. The summed E-state index contributed by atoms with van der Waals surface area (Å²) in [6.45, 7) is 0. The van der Waals surface area contributed by atoms with Crippen LogP contribution in [0.4, 0.5) is 26.3 Å². The fourth-order valence-corrected chi connectivity index (χ4v) is 1.60. The summed E-state index contributed by atoms with van der Waals surface area (Å²) < 4.78 is 77.7. The molecule has 0 bridgehead atoms. The van der Waals surface area contributed by atoms with E-state index in [-0.39, 0.29) is 0 Å². The van der Waals surface area contributed by atoms with Gasteiger partial charge < -0.3 is 4.74 Å². The van der Waals surface area contributed by atoms with E-state index in [0.717, 1.165) is 0 Å². The van der Waals surface area contributed by atoms with E-state index in [4.69, 9.17) is 0 Å². The highest BCUT2D eigenvalue weighted by atomic mass is 35.5. The number of ether oxygens (including phenoxy) is 1. The molecule has 1 heterocycles. The van der Waals surface area contributed by atoms with Gasteiger partial charge in [0.05, 0.1) is 0 Å². The van der Waals surface area contributed by atoms with Crippen LogP contribution < -0.4 is 0 Å². The van der Waals surface area contributed by atoms with Crippen molar-refractivity contribution in [1.82, 2.24) is 0 Å². The van der Waals surface area contributed by atoms with E-state index in [1.54, 1.807) is 0 Å². The van der Waals surface area contributed by atoms with Crippen molar-refractivity contribution < 1.29 is 31.1 Å². The lowest BCUT2D eigenvalue weighted by molar-refractivity contribution is -0.399. The van der Waals surface area contributed by atoms with E-state index < -0.39 is 28.9 Å². The van der Waals surface area contributed by atoms with Crippen molar-refractivity contribution in [3.8, 4) is 0 Å². The van der Waals surface area contributed by atoms with Crippen LogP contribution in [-0.4, -0.2) is 28.9 Å². The van der Waals surface area contributed by atoms with Crippen LogP contribution >= 0.6 is 23.2 Å². The van der Waals surface area contributed by atoms with Crippen LogP contribution in [0.5, 0.6) is 0 Å². The average molecular weight is 263 g/mol. The van der Waals surface area contributed by atoms with Crippen molar-refractivity contribution in [1.29, 1.82) is 0 Å². The quantitative estimate of drug-likeness (QED) is 0.549. The van der Waals surface area contributed by atoms with Crippen molar-refractivity contribution in [3.05, 3.63) is 0 Å². The van der Waals surface area contributed by atoms with E-state index >= 15 is 0 Å². The first-order valence-corrected chi connectivity index (χ1v) is 3.89. The molecule has 1 fully saturated rings. The number of alkyl halides is 8. The second kappa shape index (κ2) is 3.05. The Hall–Kier alpha value is 0.120. The maximum atomic E-state index is 12.6. The lowest BCUT2D eigenvalue weighted by atomic mass is 9.92. The monoisotopic (exact) mass is 262 g/mol. The Balaban J connectivity index is 3.08. The summed E-state index contributed by atoms with van der Waals surface area (Å²) in [5.74, 6) is 0. The summed E-state index contributed by atoms with van der Waals surface area (Å²) in [7, 11) is 0. The van der Waals surface area contributed by atoms with Gasteiger partial charge in [-0.15, -0.1) is 0 Å². The fraction of sp³-hybridized carbons (Fsp3) is 1.00. The van der Waals surface area contributed by atoms with Crippen LogP contribution in [0.3, 0.4) is 0 Å². The molecule has 0 radical (unpaired) electrons. The van der Waals surface area contributed by atoms with Crippen LogP contribution in [0.1, 0.15) is 0 Å². The summed E-state index contributed by atoms with van der Waals surface area (Å²) in [6.07, 6.45) is -6.17. The Bertz CT molecular complexity index is 221. The van der Waals surface area contributed by atoms with Crippen LogP contribution in [0.25, 0.3) is 0 Å². The predicted molar refractivity (Wildman–Crippen MR) is 35.2 cm³/mol. The van der Waals surface area contributed by atoms with E-state index in [9.17, 15) is 26.3 Å². The summed E-state index contributed by atoms with van der Waals surface area (Å²) in [4.78, 5) is 0. The molecule has 0 aromatic carbocycles. The lowest BCUT2D eigenvalue weighted by Crippen LogP contribution is -2.74. The van der Waals surface area contributed by atoms with E-state index in [1.165, 1.54) is 0 Å². The largest absolute Gasteiger partial charge is 0.360 e. The van der Waals surface area contributed by atoms with Gasteiger partial charge in [-0.3, -0.25) is 0 Å². The summed E-state index contributed by atoms with van der Waals surface area (Å²) in [6, 6.07) is 0. The van der Waals surface area contributed by atoms with Gasteiger partial charge in [0.1, 0.15) is 0 Å². The minimum atomic E-state index is -4.82. The molecule has 0 aromatic heterocycles. The highest BCUT2D eigenvalue weighted by Crippen LogP contribution is 2.58. The molecule has 0 saturated carbocycles. The topological polar surface area (TPSA) is 9.23 Å². The first kappa shape index (κ1) is 12.2. The number of halogens is 8. The van der Waals surface area contributed by atoms with Crippen LogP contribution in [-0.2, 0) is 4.74 Å². The maximum Gasteiger partial charge on any atom is 0.360 e. The first-order chi connectivity index (χ1) is 6.04. The summed E-state index contributed by atoms with van der Waals surface area (Å²) in [5, 5.41) is -9.64. The lowest BCUT2D eigenvalue weighted by Gasteiger charge is -2.49. The molecule has 0 spiro atoms. The molecule has 84 valence electrons. The van der Waals surface area contributed by atoms with Gasteiger partial charge in [0.15, 0.2) is 6.17 Å². The van der Waals surface area contributed by atoms with Gasteiger partial charge in [-0.25, -0.2) is 8.78 Å². The molecular weight excluding hydrogens is 261 g/mol. The maximum absolute atomic E-state index is 12.6. The zero-order chi connectivity index (χ0) is 11.4. The van der Waals surface area contributed by atoms with Crippen molar-refractivity contribution in [3.63, 3.8) is 0 Å². The summed E-state index contributed by atoms with van der Waals surface area (Å²) >= 11 is 8.41. The van der Waals surface area contributed by atoms with E-state index in [0.29, 0.717) is 0 Å². The molecule has 1 aliphatic rings. The average Bonchev–Trinajstić information content (AvgIpc) is 1.93. The standard InChI is InChI=1S/C5H2Cl2F6O/c6-4(10,11)3(5(7,12)13)1(8)2(9)14-3/h1-2H/t1-,2-/m0/s1. The Labute approximate surface area is 83.9 Å². The van der Waals surface area contributed by atoms with Gasteiger partial charge >= 0.3 is 10.8 Å². The van der Waals surface area contributed by atoms with Gasteiger partial charge in [0, 0.05) is 0 Å². The second-order valence-corrected chi connectivity index (χ2v) is 3.55. The highest BCUT2D eigenvalue weighted by molar-refractivity contribution is 6.26.